The maximum Gasteiger partial charge on any atom is 0.231 e. The third kappa shape index (κ3) is 1.77. The summed E-state index contributed by atoms with van der Waals surface area (Å²) in [6.45, 7) is 3.86. The topological polar surface area (TPSA) is 50.7 Å². The first-order valence-electron chi connectivity index (χ1n) is 6.03. The first-order valence-corrected chi connectivity index (χ1v) is 6.03. The minimum Gasteiger partial charge on any atom is -0.454 e. The number of fused-ring (bicyclic) bond motifs is 1. The van der Waals surface area contributed by atoms with Gasteiger partial charge in [-0.05, 0) is 49.6 Å². The van der Waals surface area contributed by atoms with Crippen LogP contribution in [-0.2, 0) is 5.60 Å². The molecule has 0 amide bonds. The van der Waals surface area contributed by atoms with Gasteiger partial charge in [0.1, 0.15) is 5.60 Å². The molecule has 0 aliphatic carbocycles. The van der Waals surface area contributed by atoms with Gasteiger partial charge in [-0.1, -0.05) is 0 Å². The summed E-state index contributed by atoms with van der Waals surface area (Å²) in [5.74, 6) is 1.52. The lowest BCUT2D eigenvalue weighted by Gasteiger charge is -2.34. The molecule has 1 saturated heterocycles. The van der Waals surface area contributed by atoms with E-state index in [9.17, 15) is 5.11 Å². The largest absolute Gasteiger partial charge is 0.454 e. The van der Waals surface area contributed by atoms with E-state index in [0.717, 1.165) is 42.0 Å². The van der Waals surface area contributed by atoms with Gasteiger partial charge in [0, 0.05) is 6.54 Å². The summed E-state index contributed by atoms with van der Waals surface area (Å²) in [7, 11) is 0. The molecular weight excluding hydrogens is 218 g/mol. The highest BCUT2D eigenvalue weighted by molar-refractivity contribution is 5.50. The van der Waals surface area contributed by atoms with Crippen LogP contribution in [0.4, 0.5) is 0 Å². The van der Waals surface area contributed by atoms with Crippen molar-refractivity contribution in [2.75, 3.05) is 19.9 Å². The van der Waals surface area contributed by atoms with Crippen molar-refractivity contribution in [3.8, 4) is 11.5 Å². The van der Waals surface area contributed by atoms with Crippen LogP contribution in [0.5, 0.6) is 11.5 Å². The van der Waals surface area contributed by atoms with Crippen LogP contribution < -0.4 is 14.8 Å². The number of hydrogen-bond donors (Lipinski definition) is 2. The van der Waals surface area contributed by atoms with Crippen molar-refractivity contribution in [1.82, 2.24) is 5.32 Å². The average molecular weight is 235 g/mol. The molecule has 4 nitrogen and oxygen atoms in total. The Hall–Kier alpha value is -1.26. The number of benzene rings is 1. The number of ether oxygens (including phenoxy) is 2. The number of aliphatic hydroxyl groups is 1. The molecular formula is C13H17NO3. The lowest BCUT2D eigenvalue weighted by molar-refractivity contribution is 0.0116. The fourth-order valence-corrected chi connectivity index (χ4v) is 2.66. The molecule has 1 aromatic carbocycles. The smallest absolute Gasteiger partial charge is 0.231 e. The summed E-state index contributed by atoms with van der Waals surface area (Å²) >= 11 is 0. The third-order valence-corrected chi connectivity index (χ3v) is 3.58. The molecule has 2 heterocycles. The van der Waals surface area contributed by atoms with E-state index in [0.29, 0.717) is 6.54 Å². The molecule has 1 atom stereocenters. The summed E-state index contributed by atoms with van der Waals surface area (Å²) in [5.41, 5.74) is 1.23. The van der Waals surface area contributed by atoms with Crippen LogP contribution in [-0.4, -0.2) is 25.0 Å². The van der Waals surface area contributed by atoms with Crippen LogP contribution in [0.15, 0.2) is 12.1 Å². The molecule has 2 aliphatic rings. The van der Waals surface area contributed by atoms with E-state index >= 15 is 0 Å². The van der Waals surface area contributed by atoms with Crippen molar-refractivity contribution in [2.24, 2.45) is 0 Å². The maximum atomic E-state index is 10.7. The molecule has 3 rings (SSSR count). The van der Waals surface area contributed by atoms with Crippen LogP contribution in [0.3, 0.4) is 0 Å². The summed E-state index contributed by atoms with van der Waals surface area (Å²) in [6.07, 6.45) is 1.78. The molecule has 4 heteroatoms. The molecule has 2 aliphatic heterocycles. The number of hydrogen-bond acceptors (Lipinski definition) is 4. The number of β-amino-alcohol motifs (C(OH)–C–C–N with tert-alkyl or cyclic N) is 1. The van der Waals surface area contributed by atoms with Crippen molar-refractivity contribution >= 4 is 0 Å². The van der Waals surface area contributed by atoms with Gasteiger partial charge in [0.25, 0.3) is 0 Å². The van der Waals surface area contributed by atoms with E-state index in [4.69, 9.17) is 9.47 Å². The van der Waals surface area contributed by atoms with Gasteiger partial charge in [0.05, 0.1) is 0 Å². The Morgan fingerprint density at radius 2 is 2.06 bits per heavy atom. The number of nitrogens with one attached hydrogen (secondary N) is 1. The van der Waals surface area contributed by atoms with Crippen LogP contribution in [0.2, 0.25) is 0 Å². The van der Waals surface area contributed by atoms with Crippen LogP contribution in [0.25, 0.3) is 0 Å². The maximum absolute atomic E-state index is 10.7. The molecule has 2 N–H and O–H groups in total. The van der Waals surface area contributed by atoms with Gasteiger partial charge in [-0.15, -0.1) is 0 Å². The molecule has 0 spiro atoms. The summed E-state index contributed by atoms with van der Waals surface area (Å²) in [6, 6.07) is 3.87. The number of aryl methyl sites for hydroxylation is 1. The molecule has 1 aromatic rings. The Kier molecular flexibility index (Phi) is 2.49. The SMILES string of the molecule is Cc1cc2c(cc1C1(O)CCCNC1)OCO2. The molecule has 1 unspecified atom stereocenters. The normalized spacial score (nSPS) is 27.2. The molecule has 0 radical (unpaired) electrons. The first kappa shape index (κ1) is 10.9. The van der Waals surface area contributed by atoms with Crippen LogP contribution >= 0.6 is 0 Å². The molecule has 0 bridgehead atoms. The summed E-state index contributed by atoms with van der Waals surface area (Å²) < 4.78 is 10.7. The van der Waals surface area contributed by atoms with Crippen LogP contribution in [0.1, 0.15) is 24.0 Å². The molecule has 92 valence electrons. The van der Waals surface area contributed by atoms with Crippen LogP contribution in [0, 0.1) is 6.92 Å². The Labute approximate surface area is 101 Å². The molecule has 1 fully saturated rings. The van der Waals surface area contributed by atoms with E-state index in [2.05, 4.69) is 5.32 Å². The lowest BCUT2D eigenvalue weighted by Crippen LogP contribution is -2.43. The lowest BCUT2D eigenvalue weighted by atomic mass is 9.84. The van der Waals surface area contributed by atoms with E-state index in [1.54, 1.807) is 0 Å². The molecule has 17 heavy (non-hydrogen) atoms. The highest BCUT2D eigenvalue weighted by Gasteiger charge is 2.34. The Bertz CT molecular complexity index is 439. The molecule has 0 saturated carbocycles. The standard InChI is InChI=1S/C13H17NO3/c1-9-5-11-12(17-8-16-11)6-10(9)13(15)3-2-4-14-7-13/h5-6,14-15H,2-4,7-8H2,1H3. The minimum absolute atomic E-state index is 0.273. The zero-order valence-corrected chi connectivity index (χ0v) is 9.95. The third-order valence-electron chi connectivity index (χ3n) is 3.58. The second-order valence-electron chi connectivity index (χ2n) is 4.83. The Morgan fingerprint density at radius 1 is 1.29 bits per heavy atom. The minimum atomic E-state index is -0.774. The average Bonchev–Trinajstić information content (AvgIpc) is 2.76. The van der Waals surface area contributed by atoms with Crippen molar-refractivity contribution in [3.63, 3.8) is 0 Å². The monoisotopic (exact) mass is 235 g/mol. The quantitative estimate of drug-likeness (QED) is 0.770. The van der Waals surface area contributed by atoms with Gasteiger partial charge < -0.3 is 19.9 Å². The van der Waals surface area contributed by atoms with Crippen molar-refractivity contribution in [3.05, 3.63) is 23.3 Å². The predicted octanol–water partition coefficient (Wildman–Crippen LogP) is 1.29. The number of rotatable bonds is 1. The fourth-order valence-electron chi connectivity index (χ4n) is 2.66. The van der Waals surface area contributed by atoms with Crippen molar-refractivity contribution < 1.29 is 14.6 Å². The van der Waals surface area contributed by atoms with Gasteiger partial charge in [-0.3, -0.25) is 0 Å². The second-order valence-corrected chi connectivity index (χ2v) is 4.83. The zero-order chi connectivity index (χ0) is 11.9. The highest BCUT2D eigenvalue weighted by atomic mass is 16.7. The van der Waals surface area contributed by atoms with Crippen molar-refractivity contribution in [2.45, 2.75) is 25.4 Å². The highest BCUT2D eigenvalue weighted by Crippen LogP contribution is 2.40. The van der Waals surface area contributed by atoms with E-state index < -0.39 is 5.60 Å². The molecule has 0 aromatic heterocycles. The fraction of sp³-hybridized carbons (Fsp3) is 0.538. The van der Waals surface area contributed by atoms with Crippen molar-refractivity contribution in [1.29, 1.82) is 0 Å². The predicted molar refractivity (Wildman–Crippen MR) is 63.3 cm³/mol. The zero-order valence-electron chi connectivity index (χ0n) is 9.95. The van der Waals surface area contributed by atoms with E-state index in [-0.39, 0.29) is 6.79 Å². The van der Waals surface area contributed by atoms with Gasteiger partial charge in [0.15, 0.2) is 11.5 Å². The summed E-state index contributed by atoms with van der Waals surface area (Å²) in [4.78, 5) is 0. The van der Waals surface area contributed by atoms with Gasteiger partial charge in [0.2, 0.25) is 6.79 Å². The second kappa shape index (κ2) is 3.89. The first-order chi connectivity index (χ1) is 8.19. The van der Waals surface area contributed by atoms with Gasteiger partial charge in [-0.2, -0.15) is 0 Å². The Morgan fingerprint density at radius 3 is 2.76 bits per heavy atom. The van der Waals surface area contributed by atoms with Gasteiger partial charge >= 0.3 is 0 Å². The Balaban J connectivity index is 2.02. The van der Waals surface area contributed by atoms with E-state index in [1.165, 1.54) is 0 Å². The van der Waals surface area contributed by atoms with E-state index in [1.807, 2.05) is 19.1 Å². The summed E-state index contributed by atoms with van der Waals surface area (Å²) in [5, 5.41) is 13.9. The van der Waals surface area contributed by atoms with Gasteiger partial charge in [-0.25, -0.2) is 0 Å². The number of piperidine rings is 1.